The molecule has 0 aromatic heterocycles. The third-order valence-corrected chi connectivity index (χ3v) is 4.17. The van der Waals surface area contributed by atoms with Crippen molar-refractivity contribution in [2.75, 3.05) is 39.3 Å². The van der Waals surface area contributed by atoms with Crippen LogP contribution in [0.5, 0.6) is 5.75 Å². The number of rotatable bonds is 8. The molecule has 1 aliphatic rings. The minimum absolute atomic E-state index is 0.00529. The number of likely N-dealkylation sites (N-methyl/N-ethyl adjacent to an activating group) is 1. The summed E-state index contributed by atoms with van der Waals surface area (Å²) < 4.78 is 5.49. The van der Waals surface area contributed by atoms with Gasteiger partial charge in [-0.05, 0) is 31.5 Å². The van der Waals surface area contributed by atoms with Crippen molar-refractivity contribution in [2.24, 2.45) is 5.92 Å². The van der Waals surface area contributed by atoms with E-state index >= 15 is 0 Å². The van der Waals surface area contributed by atoms with Gasteiger partial charge in [0, 0.05) is 32.1 Å². The number of ether oxygens (including phenoxy) is 1. The van der Waals surface area contributed by atoms with E-state index in [1.54, 1.807) is 4.90 Å². The Morgan fingerprint density at radius 2 is 1.88 bits per heavy atom. The fourth-order valence-corrected chi connectivity index (χ4v) is 2.74. The van der Waals surface area contributed by atoms with E-state index in [4.69, 9.17) is 4.74 Å². The number of hydrogen-bond acceptors (Lipinski definition) is 4. The zero-order chi connectivity index (χ0) is 17.2. The second kappa shape index (κ2) is 9.93. The van der Waals surface area contributed by atoms with Gasteiger partial charge in [-0.15, -0.1) is 0 Å². The Morgan fingerprint density at radius 1 is 1.17 bits per heavy atom. The van der Waals surface area contributed by atoms with Crippen LogP contribution in [-0.2, 0) is 9.59 Å². The van der Waals surface area contributed by atoms with Crippen molar-refractivity contribution in [3.05, 3.63) is 30.3 Å². The number of carbonyl (C=O) groups excluding carboxylic acids is 2. The van der Waals surface area contributed by atoms with E-state index in [-0.39, 0.29) is 24.3 Å². The van der Waals surface area contributed by atoms with Crippen molar-refractivity contribution >= 4 is 11.8 Å². The first-order valence-corrected chi connectivity index (χ1v) is 8.64. The molecule has 1 aromatic carbocycles. The molecule has 132 valence electrons. The molecule has 1 saturated heterocycles. The summed E-state index contributed by atoms with van der Waals surface area (Å²) in [5.41, 5.74) is 0. The lowest BCUT2D eigenvalue weighted by atomic mass is 9.96. The quantitative estimate of drug-likeness (QED) is 0.697. The summed E-state index contributed by atoms with van der Waals surface area (Å²) in [5, 5.41) is 6.12. The summed E-state index contributed by atoms with van der Waals surface area (Å²) in [4.78, 5) is 26.0. The highest BCUT2D eigenvalue weighted by Gasteiger charge is 2.27. The average Bonchev–Trinajstić information content (AvgIpc) is 2.64. The predicted molar refractivity (Wildman–Crippen MR) is 92.8 cm³/mol. The SMILES string of the molecule is CCNCCNC(=O)C1CCN(C(=O)COc2ccccc2)CC1. The Morgan fingerprint density at radius 3 is 2.54 bits per heavy atom. The first-order chi connectivity index (χ1) is 11.7. The highest BCUT2D eigenvalue weighted by atomic mass is 16.5. The molecular weight excluding hydrogens is 306 g/mol. The highest BCUT2D eigenvalue weighted by Crippen LogP contribution is 2.17. The van der Waals surface area contributed by atoms with Crippen molar-refractivity contribution in [3.8, 4) is 5.75 Å². The molecule has 1 heterocycles. The number of hydrogen-bond donors (Lipinski definition) is 2. The van der Waals surface area contributed by atoms with Gasteiger partial charge in [-0.1, -0.05) is 25.1 Å². The number of nitrogens with one attached hydrogen (secondary N) is 2. The Kier molecular flexibility index (Phi) is 7.55. The number of piperidine rings is 1. The van der Waals surface area contributed by atoms with E-state index in [1.165, 1.54) is 0 Å². The molecule has 2 N–H and O–H groups in total. The summed E-state index contributed by atoms with van der Waals surface area (Å²) in [7, 11) is 0. The van der Waals surface area contributed by atoms with Gasteiger partial charge in [-0.3, -0.25) is 9.59 Å². The summed E-state index contributed by atoms with van der Waals surface area (Å²) in [5.74, 6) is 0.775. The lowest BCUT2D eigenvalue weighted by Crippen LogP contribution is -2.45. The summed E-state index contributed by atoms with van der Waals surface area (Å²) in [6, 6.07) is 9.32. The van der Waals surface area contributed by atoms with E-state index < -0.39 is 0 Å². The molecule has 0 bridgehead atoms. The third-order valence-electron chi connectivity index (χ3n) is 4.17. The molecule has 2 rings (SSSR count). The van der Waals surface area contributed by atoms with E-state index in [0.717, 1.165) is 13.1 Å². The largest absolute Gasteiger partial charge is 0.484 e. The van der Waals surface area contributed by atoms with Crippen LogP contribution >= 0.6 is 0 Å². The van der Waals surface area contributed by atoms with Crippen LogP contribution in [0.4, 0.5) is 0 Å². The monoisotopic (exact) mass is 333 g/mol. The Bertz CT molecular complexity index is 514. The molecule has 0 unspecified atom stereocenters. The predicted octanol–water partition coefficient (Wildman–Crippen LogP) is 1.03. The van der Waals surface area contributed by atoms with E-state index in [0.29, 0.717) is 38.2 Å². The maximum absolute atomic E-state index is 12.2. The minimum Gasteiger partial charge on any atom is -0.484 e. The van der Waals surface area contributed by atoms with Crippen LogP contribution in [0.15, 0.2) is 30.3 Å². The first-order valence-electron chi connectivity index (χ1n) is 8.64. The van der Waals surface area contributed by atoms with Crippen LogP contribution in [0.2, 0.25) is 0 Å². The molecule has 1 aromatic rings. The van der Waals surface area contributed by atoms with Crippen molar-refractivity contribution in [3.63, 3.8) is 0 Å². The van der Waals surface area contributed by atoms with Crippen molar-refractivity contribution in [1.29, 1.82) is 0 Å². The zero-order valence-corrected chi connectivity index (χ0v) is 14.3. The van der Waals surface area contributed by atoms with Gasteiger partial charge in [-0.2, -0.15) is 0 Å². The third kappa shape index (κ3) is 5.85. The summed E-state index contributed by atoms with van der Waals surface area (Å²) >= 11 is 0. The van der Waals surface area contributed by atoms with Gasteiger partial charge in [0.2, 0.25) is 5.91 Å². The first kappa shape index (κ1) is 18.3. The molecule has 6 nitrogen and oxygen atoms in total. The van der Waals surface area contributed by atoms with Crippen LogP contribution in [-0.4, -0.2) is 56.0 Å². The number of amides is 2. The second-order valence-corrected chi connectivity index (χ2v) is 5.90. The fourth-order valence-electron chi connectivity index (χ4n) is 2.74. The van der Waals surface area contributed by atoms with E-state index in [1.807, 2.05) is 37.3 Å². The molecule has 0 atom stereocenters. The molecule has 0 aliphatic carbocycles. The molecule has 1 aliphatic heterocycles. The van der Waals surface area contributed by atoms with Gasteiger partial charge < -0.3 is 20.3 Å². The van der Waals surface area contributed by atoms with Gasteiger partial charge in [0.05, 0.1) is 0 Å². The van der Waals surface area contributed by atoms with Crippen molar-refractivity contribution in [2.45, 2.75) is 19.8 Å². The Hall–Kier alpha value is -2.08. The minimum atomic E-state index is -0.0233. The lowest BCUT2D eigenvalue weighted by molar-refractivity contribution is -0.137. The van der Waals surface area contributed by atoms with Gasteiger partial charge in [-0.25, -0.2) is 0 Å². The Labute approximate surface area is 143 Å². The molecule has 0 spiro atoms. The molecule has 24 heavy (non-hydrogen) atoms. The van der Waals surface area contributed by atoms with Gasteiger partial charge in [0.1, 0.15) is 5.75 Å². The smallest absolute Gasteiger partial charge is 0.260 e. The van der Waals surface area contributed by atoms with Crippen LogP contribution in [0.25, 0.3) is 0 Å². The van der Waals surface area contributed by atoms with E-state index in [2.05, 4.69) is 10.6 Å². The van der Waals surface area contributed by atoms with Gasteiger partial charge >= 0.3 is 0 Å². The van der Waals surface area contributed by atoms with Crippen LogP contribution < -0.4 is 15.4 Å². The molecular formula is C18H27N3O3. The number of nitrogens with zero attached hydrogens (tertiary/aromatic N) is 1. The molecule has 0 radical (unpaired) electrons. The fraction of sp³-hybridized carbons (Fsp3) is 0.556. The van der Waals surface area contributed by atoms with Crippen molar-refractivity contribution in [1.82, 2.24) is 15.5 Å². The topological polar surface area (TPSA) is 70.7 Å². The van der Waals surface area contributed by atoms with Gasteiger partial charge in [0.25, 0.3) is 5.91 Å². The molecule has 1 fully saturated rings. The number of benzene rings is 1. The van der Waals surface area contributed by atoms with Crippen LogP contribution in [0.3, 0.4) is 0 Å². The maximum Gasteiger partial charge on any atom is 0.260 e. The summed E-state index contributed by atoms with van der Waals surface area (Å²) in [6.07, 6.45) is 1.42. The maximum atomic E-state index is 12.2. The highest BCUT2D eigenvalue weighted by molar-refractivity contribution is 5.80. The zero-order valence-electron chi connectivity index (χ0n) is 14.3. The summed E-state index contributed by atoms with van der Waals surface area (Å²) in [6.45, 7) is 5.65. The van der Waals surface area contributed by atoms with Gasteiger partial charge in [0.15, 0.2) is 6.61 Å². The molecule has 2 amide bonds. The normalized spacial score (nSPS) is 15.1. The van der Waals surface area contributed by atoms with Crippen LogP contribution in [0.1, 0.15) is 19.8 Å². The average molecular weight is 333 g/mol. The number of carbonyl (C=O) groups is 2. The van der Waals surface area contributed by atoms with E-state index in [9.17, 15) is 9.59 Å². The standard InChI is InChI=1S/C18H27N3O3/c1-2-19-10-11-20-18(23)15-8-12-21(13-9-15)17(22)14-24-16-6-4-3-5-7-16/h3-7,15,19H,2,8-14H2,1H3,(H,20,23). The second-order valence-electron chi connectivity index (χ2n) is 5.90. The number of likely N-dealkylation sites (tertiary alicyclic amines) is 1. The Balaban J connectivity index is 1.66. The number of para-hydroxylation sites is 1. The van der Waals surface area contributed by atoms with Crippen molar-refractivity contribution < 1.29 is 14.3 Å². The molecule has 0 saturated carbocycles. The lowest BCUT2D eigenvalue weighted by Gasteiger charge is -2.31. The molecule has 6 heteroatoms. The van der Waals surface area contributed by atoms with Crippen LogP contribution in [0, 0.1) is 5.92 Å².